The summed E-state index contributed by atoms with van der Waals surface area (Å²) in [5.41, 5.74) is 4.41. The van der Waals surface area contributed by atoms with Crippen LogP contribution in [0.1, 0.15) is 59.3 Å². The second-order valence-electron chi connectivity index (χ2n) is 20.5. The number of hydrogen-bond donors (Lipinski definition) is 5. The molecule has 6 amide bonds. The fraction of sp³-hybridized carbons (Fsp3) is 0.310. The normalized spacial score (nSPS) is 17.0. The highest BCUT2D eigenvalue weighted by Crippen LogP contribution is 2.37. The maximum atomic E-state index is 14.5. The third-order valence-corrected chi connectivity index (χ3v) is 18.2. The Bertz CT molecular complexity index is 3960. The lowest BCUT2D eigenvalue weighted by molar-refractivity contribution is -0.141. The number of nitrogens with zero attached hydrogens (tertiary/aromatic N) is 6. The summed E-state index contributed by atoms with van der Waals surface area (Å²) in [5.74, 6) is -12.2. The van der Waals surface area contributed by atoms with Gasteiger partial charge in [-0.3, -0.25) is 48.8 Å². The van der Waals surface area contributed by atoms with Gasteiger partial charge in [0.2, 0.25) is 35.4 Å². The third kappa shape index (κ3) is 15.7. The average molecular weight is 1290 g/mol. The van der Waals surface area contributed by atoms with Gasteiger partial charge >= 0.3 is 12.1 Å². The zero-order valence-electron chi connectivity index (χ0n) is 46.7. The minimum Gasteiger partial charge on any atom is -0.480 e. The highest BCUT2D eigenvalue weighted by Gasteiger charge is 2.50. The number of benzene rings is 3. The summed E-state index contributed by atoms with van der Waals surface area (Å²) >= 11 is 0. The number of hydrogen-bond acceptors (Lipinski definition) is 19. The molecule has 3 aromatic heterocycles. The third-order valence-electron chi connectivity index (χ3n) is 14.4. The van der Waals surface area contributed by atoms with E-state index in [9.17, 15) is 74.7 Å². The summed E-state index contributed by atoms with van der Waals surface area (Å²) in [7, 11) is -1.05. The Labute approximate surface area is 511 Å². The number of carbonyl (C=O) groups is 8. The molecule has 0 aliphatic carbocycles. The second kappa shape index (κ2) is 27.7. The molecule has 464 valence electrons. The van der Waals surface area contributed by atoms with E-state index in [1.165, 1.54) is 30.3 Å². The van der Waals surface area contributed by atoms with Gasteiger partial charge in [0, 0.05) is 103 Å². The van der Waals surface area contributed by atoms with Crippen LogP contribution in [0.15, 0.2) is 102 Å². The van der Waals surface area contributed by atoms with Crippen LogP contribution in [-0.2, 0) is 68.0 Å². The molecule has 0 radical (unpaired) electrons. The van der Waals surface area contributed by atoms with Crippen molar-refractivity contribution >= 4 is 95.8 Å². The number of pyridine rings is 3. The first-order chi connectivity index (χ1) is 42.5. The van der Waals surface area contributed by atoms with Gasteiger partial charge in [-0.05, 0) is 77.2 Å². The maximum absolute atomic E-state index is 14.5. The number of amides is 6. The summed E-state index contributed by atoms with van der Waals surface area (Å²) in [4.78, 5) is 117. The van der Waals surface area contributed by atoms with E-state index in [1.807, 2.05) is 6.07 Å². The molecule has 3 aliphatic heterocycles. The molecular formula is C58H52F4N10O14S3. The van der Waals surface area contributed by atoms with Gasteiger partial charge in [0.1, 0.15) is 53.6 Å². The Hall–Kier alpha value is -9.41. The number of aliphatic carboxylic acids is 1. The van der Waals surface area contributed by atoms with Crippen molar-refractivity contribution in [3.63, 3.8) is 0 Å². The molecule has 0 spiro atoms. The van der Waals surface area contributed by atoms with Crippen LogP contribution in [0, 0.1) is 28.9 Å². The number of carboxylic acid groups (broad SMARTS) is 1. The molecule has 1 unspecified atom stereocenters. The standard InChI is InChI=1S/C58H52F4N10O14S3/c1-84-54-45(70-89(82,83)48-10-7-36(59)21-43(48)60)19-35(25-66-54)31-6-9-44-41(17-31)39(13-14-64-44)32-5-8-37(65-24-32)28-86-57(81)85-15-16-87-88-29-47(56(79)80)67-49(73)11-12-50(74)69-53(77)40-4-2-3-33-26-71(27-42(33)40)51(75)20-34-18-46(68-52(34)76)55(78)72-30-58(61,62)22-38(72)23-63/h2-10,13-14,17,19,21,24-25,34,38,46-47,70H,11-12,15-16,18,20,22,26-30H2,1H3,(H,67,73)(H,68,76)(H,79,80)(H,69,74,77)/t34-,38-,46-,47?/m0/s1. The number of ether oxygens (including phenoxy) is 3. The highest BCUT2D eigenvalue weighted by molar-refractivity contribution is 8.76. The van der Waals surface area contributed by atoms with Crippen molar-refractivity contribution in [3.8, 4) is 34.2 Å². The van der Waals surface area contributed by atoms with Crippen LogP contribution < -0.4 is 25.4 Å². The van der Waals surface area contributed by atoms with Gasteiger partial charge in [-0.2, -0.15) is 5.26 Å². The van der Waals surface area contributed by atoms with Crippen LogP contribution in [0.3, 0.4) is 0 Å². The molecule has 5 N–H and O–H groups in total. The monoisotopic (exact) mass is 1280 g/mol. The van der Waals surface area contributed by atoms with Crippen LogP contribution in [0.5, 0.6) is 5.88 Å². The number of carbonyl (C=O) groups excluding carboxylic acids is 7. The molecule has 6 heterocycles. The highest BCUT2D eigenvalue weighted by atomic mass is 33.1. The minimum absolute atomic E-state index is 0.0570. The van der Waals surface area contributed by atoms with Gasteiger partial charge in [-0.1, -0.05) is 45.9 Å². The lowest BCUT2D eigenvalue weighted by Crippen LogP contribution is -2.46. The number of methoxy groups -OCH3 is 1. The first-order valence-corrected chi connectivity index (χ1v) is 31.0. The molecule has 3 aliphatic rings. The summed E-state index contributed by atoms with van der Waals surface area (Å²) in [6.07, 6.45) is 1.38. The number of sulfonamides is 1. The molecule has 31 heteroatoms. The molecule has 4 atom stereocenters. The molecular weight excluding hydrogens is 1230 g/mol. The van der Waals surface area contributed by atoms with Gasteiger partial charge < -0.3 is 39.8 Å². The number of carboxylic acids is 1. The van der Waals surface area contributed by atoms with Gasteiger partial charge in [-0.15, -0.1) is 0 Å². The van der Waals surface area contributed by atoms with E-state index in [2.05, 4.69) is 35.6 Å². The van der Waals surface area contributed by atoms with Crippen LogP contribution in [-0.4, -0.2) is 142 Å². The Morgan fingerprint density at radius 2 is 1.69 bits per heavy atom. The van der Waals surface area contributed by atoms with Crippen LogP contribution >= 0.6 is 21.6 Å². The van der Waals surface area contributed by atoms with E-state index in [0.717, 1.165) is 44.2 Å². The van der Waals surface area contributed by atoms with Crippen molar-refractivity contribution in [2.45, 2.75) is 80.7 Å². The number of anilines is 1. The Morgan fingerprint density at radius 3 is 2.43 bits per heavy atom. The lowest BCUT2D eigenvalue weighted by atomic mass is 9.98. The van der Waals surface area contributed by atoms with Crippen LogP contribution in [0.4, 0.5) is 28.0 Å². The second-order valence-corrected chi connectivity index (χ2v) is 24.8. The van der Waals surface area contributed by atoms with Crippen molar-refractivity contribution in [2.75, 3.05) is 36.5 Å². The molecule has 6 aromatic rings. The molecule has 2 saturated heterocycles. The van der Waals surface area contributed by atoms with E-state index < -0.39 is 130 Å². The number of nitriles is 1. The van der Waals surface area contributed by atoms with Crippen molar-refractivity contribution in [2.24, 2.45) is 5.92 Å². The smallest absolute Gasteiger partial charge is 0.480 e. The molecule has 24 nitrogen and oxygen atoms in total. The van der Waals surface area contributed by atoms with Crippen molar-refractivity contribution < 1.29 is 83.7 Å². The van der Waals surface area contributed by atoms with Gasteiger partial charge in [0.25, 0.3) is 21.9 Å². The zero-order chi connectivity index (χ0) is 63.7. The molecule has 3 aromatic carbocycles. The number of fused-ring (bicyclic) bond motifs is 2. The van der Waals surface area contributed by atoms with Gasteiger partial charge in [-0.25, -0.2) is 40.6 Å². The number of aromatic nitrogens is 3. The predicted molar refractivity (Wildman–Crippen MR) is 310 cm³/mol. The van der Waals surface area contributed by atoms with Crippen molar-refractivity contribution in [1.29, 1.82) is 5.26 Å². The fourth-order valence-corrected chi connectivity index (χ4v) is 13.1. The predicted octanol–water partition coefficient (Wildman–Crippen LogP) is 6.28. The first kappa shape index (κ1) is 64.1. The molecule has 89 heavy (non-hydrogen) atoms. The molecule has 9 rings (SSSR count). The topological polar surface area (TPSA) is 336 Å². The number of halogens is 4. The fourth-order valence-electron chi connectivity index (χ4n) is 10.0. The average Bonchev–Trinajstić information content (AvgIpc) is 1.97. The Kier molecular flexibility index (Phi) is 20.0. The van der Waals surface area contributed by atoms with E-state index in [1.54, 1.807) is 60.9 Å². The van der Waals surface area contributed by atoms with E-state index in [4.69, 9.17) is 14.2 Å². The Morgan fingerprint density at radius 1 is 0.910 bits per heavy atom. The van der Waals surface area contributed by atoms with Crippen LogP contribution in [0.2, 0.25) is 0 Å². The number of alkyl halides is 2. The number of imide groups is 1. The van der Waals surface area contributed by atoms with Crippen molar-refractivity contribution in [1.82, 2.24) is 40.7 Å². The van der Waals surface area contributed by atoms with E-state index >= 15 is 0 Å². The van der Waals surface area contributed by atoms with Gasteiger partial charge in [0.05, 0.1) is 30.9 Å². The van der Waals surface area contributed by atoms with Crippen molar-refractivity contribution in [3.05, 3.63) is 131 Å². The molecule has 0 bridgehead atoms. The molecule has 2 fully saturated rings. The first-order valence-electron chi connectivity index (χ1n) is 27.0. The summed E-state index contributed by atoms with van der Waals surface area (Å²) < 4.78 is 100. The minimum atomic E-state index is -4.54. The van der Waals surface area contributed by atoms with Gasteiger partial charge in [0.15, 0.2) is 0 Å². The number of rotatable bonds is 23. The lowest BCUT2D eigenvalue weighted by Gasteiger charge is -2.22. The summed E-state index contributed by atoms with van der Waals surface area (Å²) in [6, 6.07) is 16.4. The van der Waals surface area contributed by atoms with E-state index in [-0.39, 0.29) is 67.8 Å². The quantitative estimate of drug-likeness (QED) is 0.0204. The number of nitrogens with one attached hydrogen (secondary N) is 4. The SMILES string of the molecule is COc1ncc(-c2ccc3nccc(-c4ccc(COC(=O)OCCSSCC(NC(=O)CCC(=O)NC(=O)c5cccc6c5CN(C(=O)C[C@@H]5C[C@@H](C(=O)N7CC(F)(F)C[C@H]7C#N)NC5=O)C6)C(=O)O)nc4)c3c2)cc1NS(=O)(=O)c1ccc(F)cc1F. The van der Waals surface area contributed by atoms with Crippen LogP contribution in [0.25, 0.3) is 33.2 Å². The summed E-state index contributed by atoms with van der Waals surface area (Å²) in [6.45, 7) is -1.33. The summed E-state index contributed by atoms with van der Waals surface area (Å²) in [5, 5.41) is 26.7. The number of likely N-dealkylation sites (tertiary alicyclic amines) is 1. The zero-order valence-corrected chi connectivity index (χ0v) is 49.2. The Balaban J connectivity index is 0.671. The largest absolute Gasteiger partial charge is 0.508 e. The maximum Gasteiger partial charge on any atom is 0.508 e. The van der Waals surface area contributed by atoms with E-state index in [0.29, 0.717) is 50.5 Å². The molecule has 0 saturated carbocycles.